The summed E-state index contributed by atoms with van der Waals surface area (Å²) in [6, 6.07) is 0. The monoisotopic (exact) mass is 236 g/mol. The Morgan fingerprint density at radius 3 is 2.94 bits per heavy atom. The number of carbonyl (C=O) groups is 1. The molecule has 1 saturated heterocycles. The Bertz CT molecular complexity index is 435. The van der Waals surface area contributed by atoms with E-state index in [1.165, 1.54) is 13.3 Å². The molecule has 92 valence electrons. The Morgan fingerprint density at radius 1 is 1.65 bits per heavy atom. The number of esters is 1. The minimum absolute atomic E-state index is 0.191. The molecule has 6 nitrogen and oxygen atoms in total. The molecule has 0 radical (unpaired) electrons. The average molecular weight is 236 g/mol. The molecule has 2 heterocycles. The highest BCUT2D eigenvalue weighted by Crippen LogP contribution is 2.24. The molecule has 2 rings (SSSR count). The summed E-state index contributed by atoms with van der Waals surface area (Å²) >= 11 is 0. The van der Waals surface area contributed by atoms with Crippen LogP contribution in [0.5, 0.6) is 0 Å². The average Bonchev–Trinajstić information content (AvgIpc) is 2.75. The van der Waals surface area contributed by atoms with Crippen LogP contribution >= 0.6 is 0 Å². The van der Waals surface area contributed by atoms with Crippen molar-refractivity contribution in [1.29, 1.82) is 0 Å². The molecule has 2 N–H and O–H groups in total. The first kappa shape index (κ1) is 11.8. The van der Waals surface area contributed by atoms with Crippen LogP contribution < -0.4 is 5.73 Å². The summed E-state index contributed by atoms with van der Waals surface area (Å²) in [5, 5.41) is 0. The first-order valence-electron chi connectivity index (χ1n) is 5.51. The molecule has 1 unspecified atom stereocenters. The summed E-state index contributed by atoms with van der Waals surface area (Å²) in [6.45, 7) is 1.96. The number of nitrogen functional groups attached to an aromatic ring is 1. The highest BCUT2D eigenvalue weighted by Gasteiger charge is 2.24. The quantitative estimate of drug-likeness (QED) is 0.742. The number of nitrogens with zero attached hydrogens (tertiary/aromatic N) is 3. The van der Waals surface area contributed by atoms with Gasteiger partial charge in [-0.1, -0.05) is 0 Å². The van der Waals surface area contributed by atoms with E-state index in [9.17, 15) is 4.79 Å². The summed E-state index contributed by atoms with van der Waals surface area (Å²) in [6.07, 6.45) is 2.47. The summed E-state index contributed by atoms with van der Waals surface area (Å²) in [5.74, 6) is 0.697. The molecule has 1 aliphatic heterocycles. The molecule has 1 aromatic rings. The second-order valence-corrected chi connectivity index (χ2v) is 4.27. The van der Waals surface area contributed by atoms with Crippen LogP contribution in [-0.2, 0) is 4.74 Å². The lowest BCUT2D eigenvalue weighted by Gasteiger charge is -2.10. The minimum atomic E-state index is -0.502. The van der Waals surface area contributed by atoms with Crippen LogP contribution in [0, 0.1) is 0 Å². The standard InChI is InChI=1S/C11H16N4O2/c1-15-4-3-7(6-15)10-13-5-8(9(12)14-10)11(16)17-2/h5,7H,3-4,6H2,1-2H3,(H2,12,13,14). The van der Waals surface area contributed by atoms with Gasteiger partial charge in [0.15, 0.2) is 0 Å². The molecule has 0 amide bonds. The molecule has 6 heteroatoms. The fourth-order valence-corrected chi connectivity index (χ4v) is 2.02. The van der Waals surface area contributed by atoms with Crippen LogP contribution in [0.3, 0.4) is 0 Å². The van der Waals surface area contributed by atoms with Crippen LogP contribution in [0.15, 0.2) is 6.20 Å². The third-order valence-electron chi connectivity index (χ3n) is 3.00. The molecule has 1 fully saturated rings. The largest absolute Gasteiger partial charge is 0.465 e. The lowest BCUT2D eigenvalue weighted by Crippen LogP contribution is -2.16. The van der Waals surface area contributed by atoms with Crippen molar-refractivity contribution in [2.24, 2.45) is 0 Å². The van der Waals surface area contributed by atoms with Crippen molar-refractivity contribution < 1.29 is 9.53 Å². The van der Waals surface area contributed by atoms with E-state index < -0.39 is 5.97 Å². The number of nitrogens with two attached hydrogens (primary N) is 1. The maximum absolute atomic E-state index is 11.3. The van der Waals surface area contributed by atoms with Gasteiger partial charge in [-0.3, -0.25) is 0 Å². The first-order chi connectivity index (χ1) is 8.11. The van der Waals surface area contributed by atoms with Gasteiger partial charge < -0.3 is 15.4 Å². The summed E-state index contributed by atoms with van der Waals surface area (Å²) in [5.41, 5.74) is 5.96. The molecule has 0 aromatic carbocycles. The normalized spacial score (nSPS) is 20.5. The SMILES string of the molecule is COC(=O)c1cnc(C2CCN(C)C2)nc1N. The Morgan fingerprint density at radius 2 is 2.41 bits per heavy atom. The smallest absolute Gasteiger partial charge is 0.343 e. The number of methoxy groups -OCH3 is 1. The lowest BCUT2D eigenvalue weighted by atomic mass is 10.1. The Balaban J connectivity index is 2.22. The number of hydrogen-bond donors (Lipinski definition) is 1. The summed E-state index contributed by atoms with van der Waals surface area (Å²) in [4.78, 5) is 22.0. The molecular weight excluding hydrogens is 220 g/mol. The molecular formula is C11H16N4O2. The topological polar surface area (TPSA) is 81.3 Å². The Labute approximate surface area is 99.8 Å². The van der Waals surface area contributed by atoms with Crippen LogP contribution in [-0.4, -0.2) is 48.1 Å². The van der Waals surface area contributed by atoms with E-state index in [0.717, 1.165) is 19.5 Å². The van der Waals surface area contributed by atoms with E-state index in [1.807, 2.05) is 0 Å². The van der Waals surface area contributed by atoms with Crippen molar-refractivity contribution >= 4 is 11.8 Å². The number of likely N-dealkylation sites (N-methyl/N-ethyl adjacent to an activating group) is 1. The van der Waals surface area contributed by atoms with Crippen molar-refractivity contribution in [1.82, 2.24) is 14.9 Å². The van der Waals surface area contributed by atoms with Gasteiger partial charge >= 0.3 is 5.97 Å². The van der Waals surface area contributed by atoms with Crippen LogP contribution in [0.25, 0.3) is 0 Å². The molecule has 0 saturated carbocycles. The highest BCUT2D eigenvalue weighted by molar-refractivity contribution is 5.93. The summed E-state index contributed by atoms with van der Waals surface area (Å²) < 4.78 is 4.59. The van der Waals surface area contributed by atoms with Crippen LogP contribution in [0.4, 0.5) is 5.82 Å². The predicted octanol–water partition coefficient (Wildman–Crippen LogP) is 0.265. The van der Waals surface area contributed by atoms with Gasteiger partial charge in [-0.15, -0.1) is 0 Å². The van der Waals surface area contributed by atoms with E-state index in [-0.39, 0.29) is 11.4 Å². The van der Waals surface area contributed by atoms with Crippen molar-refractivity contribution in [2.75, 3.05) is 33.0 Å². The maximum Gasteiger partial charge on any atom is 0.343 e. The van der Waals surface area contributed by atoms with Crippen molar-refractivity contribution in [3.63, 3.8) is 0 Å². The fraction of sp³-hybridized carbons (Fsp3) is 0.545. The second kappa shape index (κ2) is 4.67. The summed E-state index contributed by atoms with van der Waals surface area (Å²) in [7, 11) is 3.37. The van der Waals surface area contributed by atoms with Gasteiger partial charge in [-0.05, 0) is 20.0 Å². The zero-order chi connectivity index (χ0) is 12.4. The van der Waals surface area contributed by atoms with Gasteiger partial charge in [-0.25, -0.2) is 14.8 Å². The van der Waals surface area contributed by atoms with E-state index in [2.05, 4.69) is 26.7 Å². The van der Waals surface area contributed by atoms with Gasteiger partial charge in [0.1, 0.15) is 17.2 Å². The number of anilines is 1. The Hall–Kier alpha value is -1.69. The van der Waals surface area contributed by atoms with Crippen LogP contribution in [0.1, 0.15) is 28.5 Å². The van der Waals surface area contributed by atoms with E-state index in [0.29, 0.717) is 11.7 Å². The molecule has 0 aliphatic carbocycles. The zero-order valence-corrected chi connectivity index (χ0v) is 10.0. The van der Waals surface area contributed by atoms with Gasteiger partial charge in [-0.2, -0.15) is 0 Å². The molecule has 1 atom stereocenters. The molecule has 1 aromatic heterocycles. The minimum Gasteiger partial charge on any atom is -0.465 e. The predicted molar refractivity (Wildman–Crippen MR) is 62.6 cm³/mol. The highest BCUT2D eigenvalue weighted by atomic mass is 16.5. The van der Waals surface area contributed by atoms with Gasteiger partial charge in [0, 0.05) is 18.7 Å². The van der Waals surface area contributed by atoms with Crippen molar-refractivity contribution in [3.05, 3.63) is 17.6 Å². The van der Waals surface area contributed by atoms with Crippen LogP contribution in [0.2, 0.25) is 0 Å². The van der Waals surface area contributed by atoms with Crippen molar-refractivity contribution in [3.8, 4) is 0 Å². The van der Waals surface area contributed by atoms with Gasteiger partial charge in [0.2, 0.25) is 0 Å². The molecule has 1 aliphatic rings. The zero-order valence-electron chi connectivity index (χ0n) is 10.0. The van der Waals surface area contributed by atoms with Gasteiger partial charge in [0.25, 0.3) is 0 Å². The number of hydrogen-bond acceptors (Lipinski definition) is 6. The van der Waals surface area contributed by atoms with Crippen molar-refractivity contribution in [2.45, 2.75) is 12.3 Å². The first-order valence-corrected chi connectivity index (χ1v) is 5.51. The molecule has 17 heavy (non-hydrogen) atoms. The third-order valence-corrected chi connectivity index (χ3v) is 3.00. The second-order valence-electron chi connectivity index (χ2n) is 4.27. The molecule has 0 bridgehead atoms. The number of likely N-dealkylation sites (tertiary alicyclic amines) is 1. The molecule has 0 spiro atoms. The maximum atomic E-state index is 11.3. The van der Waals surface area contributed by atoms with E-state index in [4.69, 9.17) is 5.73 Å². The van der Waals surface area contributed by atoms with Gasteiger partial charge in [0.05, 0.1) is 7.11 Å². The number of ether oxygens (including phenoxy) is 1. The third kappa shape index (κ3) is 2.36. The lowest BCUT2D eigenvalue weighted by molar-refractivity contribution is 0.0601. The fourth-order valence-electron chi connectivity index (χ4n) is 2.02. The Kier molecular flexibility index (Phi) is 3.23. The number of carbonyl (C=O) groups excluding carboxylic acids is 1. The van der Waals surface area contributed by atoms with E-state index >= 15 is 0 Å². The number of aromatic nitrogens is 2. The van der Waals surface area contributed by atoms with E-state index in [1.54, 1.807) is 0 Å². The number of rotatable bonds is 2.